The minimum atomic E-state index is -0.0528. The average Bonchev–Trinajstić information content (AvgIpc) is 2.80. The van der Waals surface area contributed by atoms with Crippen LogP contribution >= 0.6 is 9.39 Å². The van der Waals surface area contributed by atoms with Crippen LogP contribution in [0.3, 0.4) is 0 Å². The third-order valence-electron chi connectivity index (χ3n) is 4.15. The lowest BCUT2D eigenvalue weighted by Crippen LogP contribution is -2.21. The number of benzene rings is 2. The number of nitrogens with one attached hydrogen (secondary N) is 1. The lowest BCUT2D eigenvalue weighted by molar-refractivity contribution is -0.119. The summed E-state index contributed by atoms with van der Waals surface area (Å²) in [6, 6.07) is 13.8. The van der Waals surface area contributed by atoms with Crippen molar-refractivity contribution in [2.75, 3.05) is 0 Å². The van der Waals surface area contributed by atoms with Crippen molar-refractivity contribution in [3.8, 4) is 0 Å². The SMILES string of the molecule is CC(=O)NCc1ccc(Cn2c(=O)n(P)c3ccccc32)c(C)c1. The number of amides is 1. The Bertz CT molecular complexity index is 972. The van der Waals surface area contributed by atoms with E-state index in [2.05, 4.69) is 20.8 Å². The maximum atomic E-state index is 12.5. The van der Waals surface area contributed by atoms with Crippen LogP contribution in [0.4, 0.5) is 0 Å². The molecule has 0 radical (unpaired) electrons. The third-order valence-corrected chi connectivity index (χ3v) is 4.65. The number of aryl methyl sites for hydroxylation is 1. The number of fused-ring (bicyclic) bond motifs is 1. The standard InChI is InChI=1S/C18H20N3O2P/c1-12-9-14(10-19-13(2)22)7-8-15(12)11-20-16-5-3-4-6-17(16)21(24)18(20)23/h3-9H,10-11,24H2,1-2H3,(H,19,22). The molecule has 0 aliphatic rings. The molecular weight excluding hydrogens is 321 g/mol. The summed E-state index contributed by atoms with van der Waals surface area (Å²) in [6.45, 7) is 4.57. The molecule has 124 valence electrons. The highest BCUT2D eigenvalue weighted by atomic mass is 31.0. The van der Waals surface area contributed by atoms with Gasteiger partial charge in [-0.05, 0) is 45.1 Å². The Kier molecular flexibility index (Phi) is 4.54. The zero-order chi connectivity index (χ0) is 17.3. The van der Waals surface area contributed by atoms with Gasteiger partial charge in [0.25, 0.3) is 0 Å². The molecule has 0 aliphatic heterocycles. The summed E-state index contributed by atoms with van der Waals surface area (Å²) in [5, 5.41) is 2.79. The molecule has 1 amide bonds. The fraction of sp³-hybridized carbons (Fsp3) is 0.222. The fourth-order valence-electron chi connectivity index (χ4n) is 2.83. The van der Waals surface area contributed by atoms with Gasteiger partial charge < -0.3 is 5.32 Å². The molecular formula is C18H20N3O2P. The van der Waals surface area contributed by atoms with Gasteiger partial charge in [-0.25, -0.2) is 4.79 Å². The summed E-state index contributed by atoms with van der Waals surface area (Å²) in [5.41, 5.74) is 5.00. The highest BCUT2D eigenvalue weighted by Crippen LogP contribution is 2.18. The molecule has 2 aromatic carbocycles. The van der Waals surface area contributed by atoms with E-state index in [9.17, 15) is 9.59 Å². The Balaban J connectivity index is 1.93. The number of nitrogens with zero attached hydrogens (tertiary/aromatic N) is 2. The van der Waals surface area contributed by atoms with E-state index in [1.165, 1.54) is 6.92 Å². The largest absolute Gasteiger partial charge is 0.352 e. The second-order valence-corrected chi connectivity index (χ2v) is 6.41. The molecule has 0 spiro atoms. The number of hydrogen-bond donors (Lipinski definition) is 1. The first kappa shape index (κ1) is 16.5. The monoisotopic (exact) mass is 341 g/mol. The number of carbonyl (C=O) groups excluding carboxylic acids is 1. The van der Waals surface area contributed by atoms with Gasteiger partial charge in [0.05, 0.1) is 17.6 Å². The van der Waals surface area contributed by atoms with Crippen molar-refractivity contribution in [3.05, 3.63) is 69.6 Å². The second kappa shape index (κ2) is 6.62. The van der Waals surface area contributed by atoms with Gasteiger partial charge in [-0.1, -0.05) is 30.3 Å². The van der Waals surface area contributed by atoms with E-state index in [1.807, 2.05) is 43.3 Å². The predicted octanol–water partition coefficient (Wildman–Crippen LogP) is 2.43. The average molecular weight is 341 g/mol. The third kappa shape index (κ3) is 3.13. The Morgan fingerprint density at radius 3 is 2.54 bits per heavy atom. The maximum Gasteiger partial charge on any atom is 0.332 e. The molecule has 6 heteroatoms. The Labute approximate surface area is 142 Å². The quantitative estimate of drug-likeness (QED) is 0.741. The van der Waals surface area contributed by atoms with Crippen LogP contribution in [0.2, 0.25) is 0 Å². The predicted molar refractivity (Wildman–Crippen MR) is 99.1 cm³/mol. The summed E-state index contributed by atoms with van der Waals surface area (Å²) in [6.07, 6.45) is 0. The zero-order valence-electron chi connectivity index (χ0n) is 13.7. The molecule has 0 aliphatic carbocycles. The van der Waals surface area contributed by atoms with Crippen molar-refractivity contribution in [1.82, 2.24) is 14.2 Å². The van der Waals surface area contributed by atoms with Crippen molar-refractivity contribution < 1.29 is 4.79 Å². The molecule has 1 unspecified atom stereocenters. The molecule has 1 heterocycles. The van der Waals surface area contributed by atoms with Crippen LogP contribution in [0.25, 0.3) is 11.0 Å². The first-order valence-electron chi connectivity index (χ1n) is 7.75. The van der Waals surface area contributed by atoms with Crippen LogP contribution in [-0.4, -0.2) is 14.8 Å². The molecule has 0 bridgehead atoms. The minimum Gasteiger partial charge on any atom is -0.352 e. The van der Waals surface area contributed by atoms with Crippen LogP contribution in [0.15, 0.2) is 47.3 Å². The number of rotatable bonds is 4. The van der Waals surface area contributed by atoms with E-state index in [4.69, 9.17) is 0 Å². The molecule has 3 aromatic rings. The Morgan fingerprint density at radius 1 is 1.17 bits per heavy atom. The van der Waals surface area contributed by atoms with Crippen LogP contribution in [0.5, 0.6) is 0 Å². The lowest BCUT2D eigenvalue weighted by atomic mass is 10.0. The summed E-state index contributed by atoms with van der Waals surface area (Å²) in [5.74, 6) is -0.0449. The second-order valence-electron chi connectivity index (χ2n) is 5.90. The van der Waals surface area contributed by atoms with Crippen molar-refractivity contribution in [1.29, 1.82) is 0 Å². The number of imidazole rings is 1. The summed E-state index contributed by atoms with van der Waals surface area (Å²) >= 11 is 0. The van der Waals surface area contributed by atoms with Crippen molar-refractivity contribution in [2.45, 2.75) is 26.9 Å². The molecule has 0 saturated carbocycles. The lowest BCUT2D eigenvalue weighted by Gasteiger charge is -2.10. The van der Waals surface area contributed by atoms with Gasteiger partial charge in [0.15, 0.2) is 0 Å². The first-order chi connectivity index (χ1) is 11.5. The Morgan fingerprint density at radius 2 is 1.88 bits per heavy atom. The van der Waals surface area contributed by atoms with Crippen molar-refractivity contribution in [3.63, 3.8) is 0 Å². The topological polar surface area (TPSA) is 56.0 Å². The van der Waals surface area contributed by atoms with Gasteiger partial charge in [-0.3, -0.25) is 13.7 Å². The molecule has 0 fully saturated rings. The van der Waals surface area contributed by atoms with Gasteiger partial charge in [0.2, 0.25) is 5.91 Å². The highest BCUT2D eigenvalue weighted by Gasteiger charge is 2.11. The normalized spacial score (nSPS) is 11.0. The van der Waals surface area contributed by atoms with Crippen LogP contribution in [-0.2, 0) is 17.9 Å². The zero-order valence-corrected chi connectivity index (χ0v) is 14.9. The van der Waals surface area contributed by atoms with Gasteiger partial charge in [0, 0.05) is 13.5 Å². The highest BCUT2D eigenvalue weighted by molar-refractivity contribution is 7.14. The number of hydrogen-bond acceptors (Lipinski definition) is 2. The molecule has 3 rings (SSSR count). The summed E-state index contributed by atoms with van der Waals surface area (Å²) in [7, 11) is 2.47. The van der Waals surface area contributed by atoms with Crippen LogP contribution in [0, 0.1) is 6.92 Å². The molecule has 1 N–H and O–H groups in total. The molecule has 24 heavy (non-hydrogen) atoms. The van der Waals surface area contributed by atoms with E-state index in [0.717, 1.165) is 27.7 Å². The molecule has 1 aromatic heterocycles. The first-order valence-corrected chi connectivity index (χ1v) is 8.27. The van der Waals surface area contributed by atoms with E-state index in [0.29, 0.717) is 13.1 Å². The molecule has 1 atom stereocenters. The van der Waals surface area contributed by atoms with E-state index >= 15 is 0 Å². The number of para-hydroxylation sites is 2. The number of carbonyl (C=O) groups is 1. The minimum absolute atomic E-state index is 0.0449. The van der Waals surface area contributed by atoms with Crippen molar-refractivity contribution in [2.24, 2.45) is 0 Å². The van der Waals surface area contributed by atoms with Crippen LogP contribution in [0.1, 0.15) is 23.6 Å². The van der Waals surface area contributed by atoms with Crippen molar-refractivity contribution >= 4 is 26.3 Å². The van der Waals surface area contributed by atoms with E-state index in [-0.39, 0.29) is 11.6 Å². The van der Waals surface area contributed by atoms with Crippen LogP contribution < -0.4 is 11.0 Å². The van der Waals surface area contributed by atoms with Gasteiger partial charge in [-0.15, -0.1) is 0 Å². The number of aromatic nitrogens is 2. The maximum absolute atomic E-state index is 12.5. The molecule has 0 saturated heterocycles. The van der Waals surface area contributed by atoms with Gasteiger partial charge in [-0.2, -0.15) is 0 Å². The smallest absolute Gasteiger partial charge is 0.332 e. The summed E-state index contributed by atoms with van der Waals surface area (Å²) < 4.78 is 3.37. The van der Waals surface area contributed by atoms with Gasteiger partial charge in [0.1, 0.15) is 0 Å². The Hall–Kier alpha value is -2.39. The fourth-order valence-corrected chi connectivity index (χ4v) is 3.18. The van der Waals surface area contributed by atoms with Gasteiger partial charge >= 0.3 is 5.69 Å². The van der Waals surface area contributed by atoms with E-state index < -0.39 is 0 Å². The van der Waals surface area contributed by atoms with E-state index in [1.54, 1.807) is 8.90 Å². The summed E-state index contributed by atoms with van der Waals surface area (Å²) in [4.78, 5) is 23.5. The molecule has 5 nitrogen and oxygen atoms in total.